The van der Waals surface area contributed by atoms with Crippen molar-refractivity contribution in [1.82, 2.24) is 0 Å². The summed E-state index contributed by atoms with van der Waals surface area (Å²) in [6.07, 6.45) is 0.191. The summed E-state index contributed by atoms with van der Waals surface area (Å²) in [5.41, 5.74) is 7.41. The molecule has 0 heterocycles. The van der Waals surface area contributed by atoms with E-state index in [4.69, 9.17) is 27.3 Å². The zero-order valence-electron chi connectivity index (χ0n) is 10.2. The predicted molar refractivity (Wildman–Crippen MR) is 69.0 cm³/mol. The average Bonchev–Trinajstić information content (AvgIpc) is 2.31. The molecule has 0 aliphatic carbocycles. The predicted octanol–water partition coefficient (Wildman–Crippen LogP) is 2.86. The maximum Gasteiger partial charge on any atom is 0.180 e. The first-order valence-electron chi connectivity index (χ1n) is 5.40. The lowest BCUT2D eigenvalue weighted by atomic mass is 10.1. The minimum absolute atomic E-state index is 0.0674. The van der Waals surface area contributed by atoms with Crippen molar-refractivity contribution in [2.45, 2.75) is 33.3 Å². The molecule has 3 N–H and O–H groups in total. The summed E-state index contributed by atoms with van der Waals surface area (Å²) in [4.78, 5) is 0. The number of aryl methyl sites for hydroxylation is 2. The van der Waals surface area contributed by atoms with Crippen LogP contribution in [0.2, 0.25) is 5.02 Å². The number of hydrogen-bond acceptors (Lipinski definition) is 3. The van der Waals surface area contributed by atoms with Gasteiger partial charge in [-0.25, -0.2) is 0 Å². The molecule has 94 valence electrons. The van der Waals surface area contributed by atoms with Crippen molar-refractivity contribution in [2.24, 2.45) is 10.9 Å². The molecule has 0 aliphatic rings. The summed E-state index contributed by atoms with van der Waals surface area (Å²) in [5.74, 6) is 0.737. The van der Waals surface area contributed by atoms with E-state index < -0.39 is 6.10 Å². The van der Waals surface area contributed by atoms with Crippen molar-refractivity contribution in [3.8, 4) is 5.75 Å². The van der Waals surface area contributed by atoms with Crippen molar-refractivity contribution in [1.29, 1.82) is 0 Å². The molecule has 5 heteroatoms. The van der Waals surface area contributed by atoms with Crippen LogP contribution in [0.1, 0.15) is 24.5 Å². The van der Waals surface area contributed by atoms with Crippen molar-refractivity contribution >= 4 is 17.4 Å². The van der Waals surface area contributed by atoms with Gasteiger partial charge in [-0.15, -0.1) is 0 Å². The van der Waals surface area contributed by atoms with Gasteiger partial charge in [0.25, 0.3) is 0 Å². The molecule has 0 saturated carbocycles. The Balaban J connectivity index is 2.95. The maximum absolute atomic E-state index is 8.63. The first-order chi connectivity index (χ1) is 7.99. The first-order valence-corrected chi connectivity index (χ1v) is 5.78. The molecule has 1 atom stereocenters. The molecule has 0 aromatic heterocycles. The Kier molecular flexibility index (Phi) is 4.63. The molecule has 0 aliphatic heterocycles. The fourth-order valence-corrected chi connectivity index (χ4v) is 1.66. The highest BCUT2D eigenvalue weighted by molar-refractivity contribution is 6.32. The number of nitrogens with zero attached hydrogens (tertiary/aromatic N) is 1. The normalized spacial score (nSPS) is 13.5. The van der Waals surface area contributed by atoms with Crippen LogP contribution in [0.25, 0.3) is 0 Å². The van der Waals surface area contributed by atoms with Crippen LogP contribution in [-0.2, 0) is 0 Å². The van der Waals surface area contributed by atoms with Gasteiger partial charge in [-0.1, -0.05) is 23.7 Å². The second-order valence-corrected chi connectivity index (χ2v) is 4.29. The number of amidine groups is 1. The SMILES string of the molecule is CCC(Oc1cc(C)c(Cl)c(C)c1)C(N)=NO. The fourth-order valence-electron chi connectivity index (χ4n) is 1.56. The van der Waals surface area contributed by atoms with Crippen molar-refractivity contribution in [3.05, 3.63) is 28.3 Å². The molecule has 0 saturated heterocycles. The third-order valence-electron chi connectivity index (χ3n) is 2.50. The van der Waals surface area contributed by atoms with E-state index in [1.54, 1.807) is 0 Å². The number of hydrogen-bond donors (Lipinski definition) is 2. The van der Waals surface area contributed by atoms with E-state index in [1.807, 2.05) is 32.9 Å². The Hall–Kier alpha value is -1.42. The minimum Gasteiger partial charge on any atom is -0.482 e. The van der Waals surface area contributed by atoms with Gasteiger partial charge in [0.15, 0.2) is 11.9 Å². The van der Waals surface area contributed by atoms with Gasteiger partial charge >= 0.3 is 0 Å². The lowest BCUT2D eigenvalue weighted by Crippen LogP contribution is -2.33. The molecule has 1 rings (SSSR count). The van der Waals surface area contributed by atoms with Gasteiger partial charge in [0, 0.05) is 5.02 Å². The third-order valence-corrected chi connectivity index (χ3v) is 3.10. The van der Waals surface area contributed by atoms with E-state index >= 15 is 0 Å². The zero-order valence-corrected chi connectivity index (χ0v) is 11.0. The maximum atomic E-state index is 8.63. The lowest BCUT2D eigenvalue weighted by Gasteiger charge is -2.17. The van der Waals surface area contributed by atoms with Gasteiger partial charge in [0.05, 0.1) is 0 Å². The molecule has 0 fully saturated rings. The van der Waals surface area contributed by atoms with Gasteiger partial charge in [0.1, 0.15) is 5.75 Å². The first kappa shape index (κ1) is 13.6. The van der Waals surface area contributed by atoms with Crippen LogP contribution in [0.15, 0.2) is 17.3 Å². The standard InChI is InChI=1S/C12H17ClN2O2/c1-4-10(12(14)15-16)17-9-5-7(2)11(13)8(3)6-9/h5-6,10,16H,4H2,1-3H3,(H2,14,15). The Bertz CT molecular complexity index is 410. The number of halogens is 1. The molecule has 0 spiro atoms. The molecule has 1 aromatic carbocycles. The van der Waals surface area contributed by atoms with Crippen LogP contribution in [0, 0.1) is 13.8 Å². The Morgan fingerprint density at radius 2 is 2.00 bits per heavy atom. The van der Waals surface area contributed by atoms with Gasteiger partial charge in [0.2, 0.25) is 0 Å². The summed E-state index contributed by atoms with van der Waals surface area (Å²) in [6.45, 7) is 5.72. The lowest BCUT2D eigenvalue weighted by molar-refractivity contribution is 0.246. The highest BCUT2D eigenvalue weighted by Gasteiger charge is 2.14. The summed E-state index contributed by atoms with van der Waals surface area (Å²) >= 11 is 6.07. The quantitative estimate of drug-likeness (QED) is 0.377. The second-order valence-electron chi connectivity index (χ2n) is 3.91. The van der Waals surface area contributed by atoms with Gasteiger partial charge in [-0.2, -0.15) is 0 Å². The van der Waals surface area contributed by atoms with E-state index in [0.29, 0.717) is 12.2 Å². The Morgan fingerprint density at radius 3 is 2.41 bits per heavy atom. The number of benzene rings is 1. The van der Waals surface area contributed by atoms with Crippen LogP contribution < -0.4 is 10.5 Å². The van der Waals surface area contributed by atoms with Crippen LogP contribution in [0.3, 0.4) is 0 Å². The highest BCUT2D eigenvalue weighted by Crippen LogP contribution is 2.26. The molecule has 4 nitrogen and oxygen atoms in total. The zero-order chi connectivity index (χ0) is 13.0. The largest absolute Gasteiger partial charge is 0.482 e. The molecule has 0 radical (unpaired) electrons. The van der Waals surface area contributed by atoms with Crippen molar-refractivity contribution < 1.29 is 9.94 Å². The van der Waals surface area contributed by atoms with E-state index in [0.717, 1.165) is 16.1 Å². The number of rotatable bonds is 4. The van der Waals surface area contributed by atoms with Crippen LogP contribution in [0.5, 0.6) is 5.75 Å². The fraction of sp³-hybridized carbons (Fsp3) is 0.417. The van der Waals surface area contributed by atoms with E-state index in [2.05, 4.69) is 5.16 Å². The molecule has 17 heavy (non-hydrogen) atoms. The summed E-state index contributed by atoms with van der Waals surface area (Å²) in [6, 6.07) is 3.67. The highest BCUT2D eigenvalue weighted by atomic mass is 35.5. The van der Waals surface area contributed by atoms with Crippen molar-refractivity contribution in [2.75, 3.05) is 0 Å². The summed E-state index contributed by atoms with van der Waals surface area (Å²) in [7, 11) is 0. The number of nitrogens with two attached hydrogens (primary N) is 1. The van der Waals surface area contributed by atoms with Crippen LogP contribution in [0.4, 0.5) is 0 Å². The van der Waals surface area contributed by atoms with Gasteiger partial charge < -0.3 is 15.7 Å². The summed E-state index contributed by atoms with van der Waals surface area (Å²) in [5, 5.41) is 12.3. The van der Waals surface area contributed by atoms with Gasteiger partial charge in [-0.3, -0.25) is 0 Å². The van der Waals surface area contributed by atoms with Crippen LogP contribution in [-0.4, -0.2) is 17.1 Å². The third kappa shape index (κ3) is 3.27. The topological polar surface area (TPSA) is 67.8 Å². The average molecular weight is 257 g/mol. The molecular weight excluding hydrogens is 240 g/mol. The Labute approximate surface area is 106 Å². The molecule has 1 unspecified atom stereocenters. The number of ether oxygens (including phenoxy) is 1. The second kappa shape index (κ2) is 5.77. The Morgan fingerprint density at radius 1 is 1.47 bits per heavy atom. The van der Waals surface area contributed by atoms with Crippen LogP contribution >= 0.6 is 11.6 Å². The minimum atomic E-state index is -0.431. The molecule has 0 bridgehead atoms. The number of oxime groups is 1. The van der Waals surface area contributed by atoms with Crippen molar-refractivity contribution in [3.63, 3.8) is 0 Å². The van der Waals surface area contributed by atoms with Gasteiger partial charge in [-0.05, 0) is 43.5 Å². The monoisotopic (exact) mass is 256 g/mol. The van der Waals surface area contributed by atoms with E-state index in [-0.39, 0.29) is 5.84 Å². The summed E-state index contributed by atoms with van der Waals surface area (Å²) < 4.78 is 5.66. The molecule has 0 amide bonds. The van der Waals surface area contributed by atoms with E-state index in [1.165, 1.54) is 0 Å². The molecule has 1 aromatic rings. The van der Waals surface area contributed by atoms with E-state index in [9.17, 15) is 0 Å². The molecular formula is C12H17ClN2O2. The smallest absolute Gasteiger partial charge is 0.180 e.